The fourth-order valence-electron chi connectivity index (χ4n) is 3.54. The van der Waals surface area contributed by atoms with E-state index in [2.05, 4.69) is 26.6 Å². The van der Waals surface area contributed by atoms with Gasteiger partial charge in [-0.2, -0.15) is 0 Å². The van der Waals surface area contributed by atoms with E-state index in [9.17, 15) is 4.79 Å². The standard InChI is InChI=1S/C19H24N4O3.2ClH/c24-19(11-14-13-26-8-5-21-14)22-17-1-2-18(23-6-9-25-10-7-23)15-3-4-20-12-16(15)17;;/h1-4,12,14,21H,5-11,13H2,(H,22,24);2*1H. The van der Waals surface area contributed by atoms with Gasteiger partial charge in [-0.05, 0) is 18.2 Å². The Morgan fingerprint density at radius 1 is 1.14 bits per heavy atom. The van der Waals surface area contributed by atoms with E-state index in [0.29, 0.717) is 19.6 Å². The molecule has 0 spiro atoms. The Bertz CT molecular complexity index is 781. The van der Waals surface area contributed by atoms with Gasteiger partial charge in [0.05, 0.1) is 32.1 Å². The normalized spacial score (nSPS) is 19.4. The molecule has 2 saturated heterocycles. The molecule has 2 aromatic rings. The number of aromatic nitrogens is 1. The van der Waals surface area contributed by atoms with Crippen LogP contribution in [0.1, 0.15) is 6.42 Å². The van der Waals surface area contributed by atoms with Crippen molar-refractivity contribution in [3.8, 4) is 0 Å². The average molecular weight is 429 g/mol. The molecule has 3 heterocycles. The number of carbonyl (C=O) groups excluding carboxylic acids is 1. The summed E-state index contributed by atoms with van der Waals surface area (Å²) in [5, 5.41) is 8.41. The van der Waals surface area contributed by atoms with Crippen LogP contribution in [0.5, 0.6) is 0 Å². The molecule has 0 saturated carbocycles. The van der Waals surface area contributed by atoms with E-state index < -0.39 is 0 Å². The van der Waals surface area contributed by atoms with E-state index in [-0.39, 0.29) is 36.8 Å². The smallest absolute Gasteiger partial charge is 0.226 e. The minimum atomic E-state index is -0.0164. The maximum absolute atomic E-state index is 12.5. The monoisotopic (exact) mass is 428 g/mol. The summed E-state index contributed by atoms with van der Waals surface area (Å²) in [5.41, 5.74) is 1.96. The lowest BCUT2D eigenvalue weighted by Gasteiger charge is -2.30. The third-order valence-corrected chi connectivity index (χ3v) is 4.85. The molecule has 154 valence electrons. The van der Waals surface area contributed by atoms with Crippen LogP contribution in [0.2, 0.25) is 0 Å². The minimum Gasteiger partial charge on any atom is -0.378 e. The Hall–Kier alpha value is -1.64. The highest BCUT2D eigenvalue weighted by Crippen LogP contribution is 2.32. The Kier molecular flexibility index (Phi) is 8.72. The Balaban J connectivity index is 0.00000140. The number of ether oxygens (including phenoxy) is 2. The molecule has 9 heteroatoms. The quantitative estimate of drug-likeness (QED) is 0.777. The van der Waals surface area contributed by atoms with Gasteiger partial charge in [0.15, 0.2) is 0 Å². The number of nitrogens with one attached hydrogen (secondary N) is 2. The summed E-state index contributed by atoms with van der Waals surface area (Å²) in [6.45, 7) is 5.29. The van der Waals surface area contributed by atoms with Crippen LogP contribution in [0.3, 0.4) is 0 Å². The number of nitrogens with zero attached hydrogens (tertiary/aromatic N) is 2. The summed E-state index contributed by atoms with van der Waals surface area (Å²) in [6.07, 6.45) is 4.00. The summed E-state index contributed by atoms with van der Waals surface area (Å²) in [4.78, 5) is 19.0. The van der Waals surface area contributed by atoms with Gasteiger partial charge in [-0.25, -0.2) is 0 Å². The Morgan fingerprint density at radius 3 is 2.71 bits per heavy atom. The third kappa shape index (κ3) is 5.24. The predicted molar refractivity (Wildman–Crippen MR) is 115 cm³/mol. The lowest BCUT2D eigenvalue weighted by atomic mass is 10.1. The van der Waals surface area contributed by atoms with Crippen molar-refractivity contribution in [3.63, 3.8) is 0 Å². The molecule has 2 aliphatic rings. The van der Waals surface area contributed by atoms with Crippen LogP contribution < -0.4 is 15.5 Å². The van der Waals surface area contributed by atoms with Gasteiger partial charge in [-0.15, -0.1) is 24.8 Å². The number of hydrogen-bond donors (Lipinski definition) is 2. The van der Waals surface area contributed by atoms with Crippen molar-refractivity contribution >= 4 is 52.9 Å². The van der Waals surface area contributed by atoms with Crippen molar-refractivity contribution in [2.75, 3.05) is 56.3 Å². The fourth-order valence-corrected chi connectivity index (χ4v) is 3.54. The van der Waals surface area contributed by atoms with Crippen molar-refractivity contribution in [3.05, 3.63) is 30.6 Å². The van der Waals surface area contributed by atoms with Crippen molar-refractivity contribution < 1.29 is 14.3 Å². The largest absolute Gasteiger partial charge is 0.378 e. The molecule has 2 fully saturated rings. The first-order valence-electron chi connectivity index (χ1n) is 9.11. The summed E-state index contributed by atoms with van der Waals surface area (Å²) in [5.74, 6) is -0.0164. The summed E-state index contributed by atoms with van der Waals surface area (Å²) < 4.78 is 10.9. The van der Waals surface area contributed by atoms with Crippen molar-refractivity contribution in [2.45, 2.75) is 12.5 Å². The molecule has 1 aromatic carbocycles. The molecule has 0 bridgehead atoms. The van der Waals surface area contributed by atoms with Crippen LogP contribution in [0, 0.1) is 0 Å². The maximum atomic E-state index is 12.5. The van der Waals surface area contributed by atoms with Crippen LogP contribution >= 0.6 is 24.8 Å². The molecule has 28 heavy (non-hydrogen) atoms. The Morgan fingerprint density at radius 2 is 1.96 bits per heavy atom. The maximum Gasteiger partial charge on any atom is 0.226 e. The van der Waals surface area contributed by atoms with E-state index in [4.69, 9.17) is 9.47 Å². The van der Waals surface area contributed by atoms with Gasteiger partial charge < -0.3 is 25.0 Å². The van der Waals surface area contributed by atoms with E-state index in [0.717, 1.165) is 55.0 Å². The zero-order valence-electron chi connectivity index (χ0n) is 15.6. The molecule has 1 unspecified atom stereocenters. The molecular weight excluding hydrogens is 403 g/mol. The van der Waals surface area contributed by atoms with Gasteiger partial charge >= 0.3 is 0 Å². The van der Waals surface area contributed by atoms with Gasteiger partial charge in [-0.1, -0.05) is 0 Å². The second-order valence-electron chi connectivity index (χ2n) is 6.63. The van der Waals surface area contributed by atoms with Gasteiger partial charge in [0, 0.05) is 61.0 Å². The highest BCUT2D eigenvalue weighted by molar-refractivity contribution is 6.06. The molecule has 0 aliphatic carbocycles. The number of halogens is 2. The number of amides is 1. The van der Waals surface area contributed by atoms with Crippen LogP contribution in [-0.2, 0) is 14.3 Å². The first-order valence-corrected chi connectivity index (χ1v) is 9.11. The molecule has 0 radical (unpaired) electrons. The van der Waals surface area contributed by atoms with Crippen LogP contribution in [0.25, 0.3) is 10.8 Å². The van der Waals surface area contributed by atoms with Crippen LogP contribution in [0.4, 0.5) is 11.4 Å². The first kappa shape index (κ1) is 22.6. The van der Waals surface area contributed by atoms with Crippen LogP contribution in [0.15, 0.2) is 30.6 Å². The summed E-state index contributed by atoms with van der Waals surface area (Å²) in [6, 6.07) is 6.12. The van der Waals surface area contributed by atoms with Gasteiger partial charge in [0.25, 0.3) is 0 Å². The number of fused-ring (bicyclic) bond motifs is 1. The molecule has 1 atom stereocenters. The molecule has 7 nitrogen and oxygen atoms in total. The Labute approximate surface area is 177 Å². The molecule has 1 amide bonds. The topological polar surface area (TPSA) is 75.7 Å². The molecular formula is C19H26Cl2N4O3. The third-order valence-electron chi connectivity index (χ3n) is 4.85. The van der Waals surface area contributed by atoms with E-state index in [1.54, 1.807) is 6.20 Å². The average Bonchev–Trinajstić information content (AvgIpc) is 2.70. The zero-order chi connectivity index (χ0) is 17.8. The predicted octanol–water partition coefficient (Wildman–Crippen LogP) is 2.23. The van der Waals surface area contributed by atoms with E-state index in [1.165, 1.54) is 0 Å². The lowest BCUT2D eigenvalue weighted by Crippen LogP contribution is -2.43. The molecule has 2 N–H and O–H groups in total. The zero-order valence-corrected chi connectivity index (χ0v) is 17.2. The van der Waals surface area contributed by atoms with Gasteiger partial charge in [-0.3, -0.25) is 9.78 Å². The number of hydrogen-bond acceptors (Lipinski definition) is 6. The number of anilines is 2. The SMILES string of the molecule is Cl.Cl.O=C(CC1COCCN1)Nc1ccc(N2CCOCC2)c2ccncc12. The number of rotatable bonds is 4. The second kappa shape index (κ2) is 10.8. The van der Waals surface area contributed by atoms with Crippen molar-refractivity contribution in [1.82, 2.24) is 10.3 Å². The number of morpholine rings is 2. The summed E-state index contributed by atoms with van der Waals surface area (Å²) >= 11 is 0. The lowest BCUT2D eigenvalue weighted by molar-refractivity contribution is -0.117. The number of carbonyl (C=O) groups is 1. The molecule has 1 aromatic heterocycles. The minimum absolute atomic E-state index is 0. The van der Waals surface area contributed by atoms with Crippen molar-refractivity contribution in [1.29, 1.82) is 0 Å². The molecule has 4 rings (SSSR count). The highest BCUT2D eigenvalue weighted by atomic mass is 35.5. The summed E-state index contributed by atoms with van der Waals surface area (Å²) in [7, 11) is 0. The van der Waals surface area contributed by atoms with Crippen LogP contribution in [-0.4, -0.2) is 63.0 Å². The number of benzene rings is 1. The second-order valence-corrected chi connectivity index (χ2v) is 6.63. The number of pyridine rings is 1. The van der Waals surface area contributed by atoms with Gasteiger partial charge in [0.2, 0.25) is 5.91 Å². The molecule has 2 aliphatic heterocycles. The van der Waals surface area contributed by atoms with Crippen molar-refractivity contribution in [2.24, 2.45) is 0 Å². The highest BCUT2D eigenvalue weighted by Gasteiger charge is 2.19. The fraction of sp³-hybridized carbons (Fsp3) is 0.474. The van der Waals surface area contributed by atoms with E-state index in [1.807, 2.05) is 18.3 Å². The first-order chi connectivity index (χ1) is 12.8. The van der Waals surface area contributed by atoms with Gasteiger partial charge in [0.1, 0.15) is 0 Å². The van der Waals surface area contributed by atoms with E-state index >= 15 is 0 Å².